The predicted octanol–water partition coefficient (Wildman–Crippen LogP) is 3.62. The summed E-state index contributed by atoms with van der Waals surface area (Å²) in [4.78, 5) is 17.3. The molecule has 3 aliphatic rings. The van der Waals surface area contributed by atoms with Gasteiger partial charge in [-0.3, -0.25) is 9.80 Å². The number of benzene rings is 1. The summed E-state index contributed by atoms with van der Waals surface area (Å²) in [7, 11) is 2.11. The van der Waals surface area contributed by atoms with Crippen LogP contribution >= 0.6 is 11.6 Å². The quantitative estimate of drug-likeness (QED) is 0.779. The molecule has 4 heteroatoms. The fourth-order valence-corrected chi connectivity index (χ4v) is 5.40. The molecule has 0 aromatic heterocycles. The summed E-state index contributed by atoms with van der Waals surface area (Å²) < 4.78 is 0. The van der Waals surface area contributed by atoms with Gasteiger partial charge in [0.05, 0.1) is 0 Å². The summed E-state index contributed by atoms with van der Waals surface area (Å²) >= 11 is 6.41. The predicted molar refractivity (Wildman–Crippen MR) is 98.0 cm³/mol. The van der Waals surface area contributed by atoms with E-state index in [1.165, 1.54) is 38.8 Å². The maximum absolute atomic E-state index is 12.3. The van der Waals surface area contributed by atoms with E-state index in [0.29, 0.717) is 6.42 Å². The number of carbonyl (C=O) groups is 1. The van der Waals surface area contributed by atoms with Crippen LogP contribution in [0, 0.1) is 0 Å². The van der Waals surface area contributed by atoms with E-state index in [0.717, 1.165) is 29.0 Å². The van der Waals surface area contributed by atoms with Crippen molar-refractivity contribution < 1.29 is 4.79 Å². The van der Waals surface area contributed by atoms with Gasteiger partial charge in [0.25, 0.3) is 0 Å². The summed E-state index contributed by atoms with van der Waals surface area (Å²) in [5.41, 5.74) is 1.72. The Kier molecular flexibility index (Phi) is 4.06. The fourth-order valence-electron chi connectivity index (χ4n) is 5.16. The first-order valence-corrected chi connectivity index (χ1v) is 9.37. The molecule has 128 valence electrons. The lowest BCUT2D eigenvalue weighted by atomic mass is 9.78. The normalized spacial score (nSPS) is 28.5. The number of aldehydes is 1. The Bertz CT molecular complexity index is 676. The molecular formula is C20H25ClN2O. The molecule has 1 aliphatic carbocycles. The van der Waals surface area contributed by atoms with Gasteiger partial charge in [0.1, 0.15) is 11.8 Å². The van der Waals surface area contributed by atoms with Gasteiger partial charge in [-0.05, 0) is 63.4 Å². The average molecular weight is 345 g/mol. The van der Waals surface area contributed by atoms with Crippen LogP contribution in [0.4, 0.5) is 0 Å². The summed E-state index contributed by atoms with van der Waals surface area (Å²) in [5.74, 6) is 0. The number of halogens is 1. The van der Waals surface area contributed by atoms with Crippen LogP contribution in [0.25, 0.3) is 5.03 Å². The van der Waals surface area contributed by atoms with Gasteiger partial charge in [-0.15, -0.1) is 0 Å². The average Bonchev–Trinajstić information content (AvgIpc) is 3.15. The molecule has 0 radical (unpaired) electrons. The smallest absolute Gasteiger partial charge is 0.145 e. The molecule has 4 rings (SSSR count). The first-order valence-electron chi connectivity index (χ1n) is 8.99. The van der Waals surface area contributed by atoms with Gasteiger partial charge in [0.2, 0.25) is 0 Å². The Morgan fingerprint density at radius 1 is 1.25 bits per heavy atom. The van der Waals surface area contributed by atoms with Gasteiger partial charge in [-0.2, -0.15) is 0 Å². The minimum absolute atomic E-state index is 0.269. The Hall–Kier alpha value is -1.16. The SMILES string of the molecule is CN(CC12CCCN1CCC2)C1(C=O)CC=C(Cl)c2ccccc21. The third-order valence-corrected chi connectivity index (χ3v) is 6.82. The highest BCUT2D eigenvalue weighted by molar-refractivity contribution is 6.49. The van der Waals surface area contributed by atoms with Gasteiger partial charge >= 0.3 is 0 Å². The maximum atomic E-state index is 12.3. The van der Waals surface area contributed by atoms with Crippen LogP contribution in [0.2, 0.25) is 0 Å². The van der Waals surface area contributed by atoms with Crippen LogP contribution in [-0.2, 0) is 10.3 Å². The number of hydrogen-bond acceptors (Lipinski definition) is 3. The molecule has 2 saturated heterocycles. The van der Waals surface area contributed by atoms with Crippen molar-refractivity contribution in [2.45, 2.75) is 43.2 Å². The molecule has 2 heterocycles. The van der Waals surface area contributed by atoms with Gasteiger partial charge < -0.3 is 4.79 Å². The molecule has 0 N–H and O–H groups in total. The second-order valence-corrected chi connectivity index (χ2v) is 8.03. The van der Waals surface area contributed by atoms with Crippen molar-refractivity contribution in [3.05, 3.63) is 41.5 Å². The van der Waals surface area contributed by atoms with Crippen molar-refractivity contribution in [1.82, 2.24) is 9.80 Å². The van der Waals surface area contributed by atoms with Crippen LogP contribution in [-0.4, -0.2) is 48.3 Å². The number of likely N-dealkylation sites (N-methyl/N-ethyl adjacent to an activating group) is 1. The van der Waals surface area contributed by atoms with Crippen molar-refractivity contribution in [3.63, 3.8) is 0 Å². The number of fused-ring (bicyclic) bond motifs is 2. The molecule has 24 heavy (non-hydrogen) atoms. The lowest BCUT2D eigenvalue weighted by Crippen LogP contribution is -2.55. The van der Waals surface area contributed by atoms with E-state index in [2.05, 4.69) is 22.9 Å². The number of hydrogen-bond donors (Lipinski definition) is 0. The molecule has 0 spiro atoms. The Labute approximate surface area is 149 Å². The molecule has 2 fully saturated rings. The molecule has 1 unspecified atom stereocenters. The van der Waals surface area contributed by atoms with Crippen LogP contribution in [0.15, 0.2) is 30.3 Å². The van der Waals surface area contributed by atoms with Gasteiger partial charge in [0, 0.05) is 17.1 Å². The van der Waals surface area contributed by atoms with Crippen LogP contribution in [0.3, 0.4) is 0 Å². The second kappa shape index (κ2) is 5.98. The molecule has 0 saturated carbocycles. The molecular weight excluding hydrogens is 320 g/mol. The van der Waals surface area contributed by atoms with Crippen LogP contribution < -0.4 is 0 Å². The number of nitrogens with zero attached hydrogens (tertiary/aromatic N) is 2. The Balaban J connectivity index is 1.70. The molecule has 1 aromatic carbocycles. The lowest BCUT2D eigenvalue weighted by Gasteiger charge is -2.45. The zero-order chi connectivity index (χ0) is 16.8. The van der Waals surface area contributed by atoms with Crippen molar-refractivity contribution in [3.8, 4) is 0 Å². The Morgan fingerprint density at radius 3 is 2.67 bits per heavy atom. The second-order valence-electron chi connectivity index (χ2n) is 7.62. The van der Waals surface area contributed by atoms with Crippen LogP contribution in [0.5, 0.6) is 0 Å². The van der Waals surface area contributed by atoms with Crippen molar-refractivity contribution in [2.24, 2.45) is 0 Å². The summed E-state index contributed by atoms with van der Waals surface area (Å²) in [6.07, 6.45) is 8.87. The minimum atomic E-state index is -0.597. The van der Waals surface area contributed by atoms with Crippen LogP contribution in [0.1, 0.15) is 43.2 Å². The maximum Gasteiger partial charge on any atom is 0.145 e. The highest BCUT2D eigenvalue weighted by atomic mass is 35.5. The van der Waals surface area contributed by atoms with E-state index in [1.807, 2.05) is 24.3 Å². The van der Waals surface area contributed by atoms with Gasteiger partial charge in [0.15, 0.2) is 0 Å². The van der Waals surface area contributed by atoms with E-state index in [4.69, 9.17) is 11.6 Å². The van der Waals surface area contributed by atoms with E-state index in [1.54, 1.807) is 0 Å². The van der Waals surface area contributed by atoms with Crippen molar-refractivity contribution >= 4 is 22.9 Å². The van der Waals surface area contributed by atoms with Gasteiger partial charge in [-0.25, -0.2) is 0 Å². The number of rotatable bonds is 4. The third kappa shape index (κ3) is 2.29. The highest BCUT2D eigenvalue weighted by Gasteiger charge is 2.48. The van der Waals surface area contributed by atoms with Gasteiger partial charge in [-0.1, -0.05) is 41.9 Å². The lowest BCUT2D eigenvalue weighted by molar-refractivity contribution is -0.119. The standard InChI is InChI=1S/C20H25ClN2O/c1-22(14-19-9-4-12-23(19)13-5-10-19)20(15-24)11-8-18(21)16-6-2-3-7-17(16)20/h2-3,6-8,15H,4-5,9-14H2,1H3. The third-order valence-electron chi connectivity index (χ3n) is 6.46. The molecule has 0 bridgehead atoms. The number of carbonyl (C=O) groups excluding carboxylic acids is 1. The molecule has 3 nitrogen and oxygen atoms in total. The topological polar surface area (TPSA) is 23.6 Å². The highest BCUT2D eigenvalue weighted by Crippen LogP contribution is 2.45. The van der Waals surface area contributed by atoms with E-state index in [-0.39, 0.29) is 5.54 Å². The summed E-state index contributed by atoms with van der Waals surface area (Å²) in [5, 5.41) is 0.762. The molecule has 1 atom stereocenters. The minimum Gasteiger partial charge on any atom is -0.301 e. The van der Waals surface area contributed by atoms with E-state index < -0.39 is 5.54 Å². The zero-order valence-electron chi connectivity index (χ0n) is 14.3. The monoisotopic (exact) mass is 344 g/mol. The fraction of sp³-hybridized carbons (Fsp3) is 0.550. The molecule has 0 amide bonds. The zero-order valence-corrected chi connectivity index (χ0v) is 15.1. The van der Waals surface area contributed by atoms with E-state index in [9.17, 15) is 4.79 Å². The molecule has 2 aliphatic heterocycles. The Morgan fingerprint density at radius 2 is 1.96 bits per heavy atom. The van der Waals surface area contributed by atoms with Crippen molar-refractivity contribution in [2.75, 3.05) is 26.7 Å². The first-order chi connectivity index (χ1) is 11.6. The summed E-state index contributed by atoms with van der Waals surface area (Å²) in [6.45, 7) is 3.38. The summed E-state index contributed by atoms with van der Waals surface area (Å²) in [6, 6.07) is 8.09. The molecule has 1 aromatic rings. The van der Waals surface area contributed by atoms with E-state index >= 15 is 0 Å². The first kappa shape index (κ1) is 16.3. The largest absolute Gasteiger partial charge is 0.301 e. The van der Waals surface area contributed by atoms with Crippen molar-refractivity contribution in [1.29, 1.82) is 0 Å².